The molecule has 1 rings (SSSR count). The van der Waals surface area contributed by atoms with E-state index in [2.05, 4.69) is 132 Å². The molecule has 0 spiro atoms. The van der Waals surface area contributed by atoms with Crippen molar-refractivity contribution in [2.45, 2.75) is 214 Å². The van der Waals surface area contributed by atoms with Gasteiger partial charge in [0.1, 0.15) is 18.8 Å². The van der Waals surface area contributed by atoms with Gasteiger partial charge < -0.3 is 29.3 Å². The molecule has 0 radical (unpaired) electrons. The standard InChI is InChI=1S/C47H89NO8/c1-22-47(21,38(53)45(17,18)44(15,16)35(56-32(3)49)28-41(7,8)9)46(19,20)39(42(10,11)12)55-30-33(50)29-54-37(52)31(2)26-43(13,14)34(27-40(4,5)6)48-25-23-24-36(48)51/h31,33-35,38-39,50,53H,22-30H2,1-21H3. The molecule has 1 fully saturated rings. The highest BCUT2D eigenvalue weighted by Gasteiger charge is 2.60. The van der Waals surface area contributed by atoms with Gasteiger partial charge >= 0.3 is 11.9 Å². The van der Waals surface area contributed by atoms with E-state index in [4.69, 9.17) is 14.2 Å². The number of aliphatic hydroxyl groups is 2. The summed E-state index contributed by atoms with van der Waals surface area (Å²) in [5.41, 5.74) is -3.43. The topological polar surface area (TPSA) is 123 Å². The van der Waals surface area contributed by atoms with E-state index < -0.39 is 52.0 Å². The summed E-state index contributed by atoms with van der Waals surface area (Å²) < 4.78 is 18.4. The third kappa shape index (κ3) is 13.1. The zero-order valence-corrected chi connectivity index (χ0v) is 40.1. The maximum absolute atomic E-state index is 13.4. The van der Waals surface area contributed by atoms with Gasteiger partial charge in [-0.1, -0.05) is 138 Å². The van der Waals surface area contributed by atoms with Crippen LogP contribution in [-0.2, 0) is 28.6 Å². The number of rotatable bonds is 20. The van der Waals surface area contributed by atoms with Crippen molar-refractivity contribution in [1.82, 2.24) is 4.90 Å². The molecular weight excluding hydrogens is 707 g/mol. The predicted octanol–water partition coefficient (Wildman–Crippen LogP) is 10.0. The molecule has 1 heterocycles. The fourth-order valence-corrected chi connectivity index (χ4v) is 9.58. The first kappa shape index (κ1) is 52.3. The van der Waals surface area contributed by atoms with Crippen LogP contribution in [0, 0.1) is 49.2 Å². The molecule has 0 bridgehead atoms. The number of ether oxygens (including phenoxy) is 3. The molecule has 1 aliphatic heterocycles. The molecule has 330 valence electrons. The highest BCUT2D eigenvalue weighted by atomic mass is 16.6. The van der Waals surface area contributed by atoms with E-state index in [9.17, 15) is 24.6 Å². The Morgan fingerprint density at radius 2 is 1.27 bits per heavy atom. The molecule has 9 heteroatoms. The van der Waals surface area contributed by atoms with Gasteiger partial charge in [0.2, 0.25) is 5.91 Å². The van der Waals surface area contributed by atoms with Gasteiger partial charge in [0.05, 0.1) is 24.7 Å². The quantitative estimate of drug-likeness (QED) is 0.117. The second-order valence-corrected chi connectivity index (χ2v) is 23.6. The number of esters is 2. The lowest BCUT2D eigenvalue weighted by molar-refractivity contribution is -0.221. The van der Waals surface area contributed by atoms with Crippen LogP contribution in [0.3, 0.4) is 0 Å². The number of hydrogen-bond donors (Lipinski definition) is 2. The van der Waals surface area contributed by atoms with E-state index in [0.717, 1.165) is 19.4 Å². The monoisotopic (exact) mass is 796 g/mol. The molecule has 0 aromatic rings. The molecule has 2 N–H and O–H groups in total. The van der Waals surface area contributed by atoms with Crippen LogP contribution in [0.25, 0.3) is 0 Å². The fraction of sp³-hybridized carbons (Fsp3) is 0.936. The maximum Gasteiger partial charge on any atom is 0.308 e. The molecule has 1 saturated heterocycles. The minimum atomic E-state index is -1.05. The van der Waals surface area contributed by atoms with Crippen LogP contribution in [0.15, 0.2) is 0 Å². The molecule has 0 aromatic carbocycles. The van der Waals surface area contributed by atoms with Crippen molar-refractivity contribution in [2.75, 3.05) is 19.8 Å². The average molecular weight is 796 g/mol. The lowest BCUT2D eigenvalue weighted by Gasteiger charge is -2.60. The molecule has 7 unspecified atom stereocenters. The zero-order valence-electron chi connectivity index (χ0n) is 40.1. The molecule has 1 amide bonds. The van der Waals surface area contributed by atoms with Crippen molar-refractivity contribution in [1.29, 1.82) is 0 Å². The maximum atomic E-state index is 13.4. The van der Waals surface area contributed by atoms with Crippen LogP contribution in [0.5, 0.6) is 0 Å². The highest BCUT2D eigenvalue weighted by molar-refractivity contribution is 5.78. The number of carbonyl (C=O) groups is 3. The van der Waals surface area contributed by atoms with Gasteiger partial charge in [0.25, 0.3) is 0 Å². The number of amides is 1. The Balaban J connectivity index is 3.23. The van der Waals surface area contributed by atoms with Crippen LogP contribution in [0.2, 0.25) is 0 Å². The first-order chi connectivity index (χ1) is 24.9. The normalized spacial score (nSPS) is 19.8. The van der Waals surface area contributed by atoms with Gasteiger partial charge in [0.15, 0.2) is 0 Å². The van der Waals surface area contributed by atoms with Crippen molar-refractivity contribution in [3.8, 4) is 0 Å². The molecule has 56 heavy (non-hydrogen) atoms. The van der Waals surface area contributed by atoms with Crippen LogP contribution < -0.4 is 0 Å². The summed E-state index contributed by atoms with van der Waals surface area (Å²) in [5.74, 6) is -0.951. The van der Waals surface area contributed by atoms with Crippen LogP contribution in [0.4, 0.5) is 0 Å². The fourth-order valence-electron chi connectivity index (χ4n) is 9.58. The van der Waals surface area contributed by atoms with Crippen molar-refractivity contribution in [3.05, 3.63) is 0 Å². The second-order valence-electron chi connectivity index (χ2n) is 23.6. The van der Waals surface area contributed by atoms with Crippen LogP contribution >= 0.6 is 0 Å². The van der Waals surface area contributed by atoms with E-state index in [0.29, 0.717) is 25.7 Å². The molecule has 0 aliphatic carbocycles. The third-order valence-electron chi connectivity index (χ3n) is 13.8. The molecule has 9 nitrogen and oxygen atoms in total. The van der Waals surface area contributed by atoms with Crippen LogP contribution in [0.1, 0.15) is 184 Å². The Bertz CT molecular complexity index is 1300. The third-order valence-corrected chi connectivity index (χ3v) is 13.8. The lowest BCUT2D eigenvalue weighted by atomic mass is 9.48. The highest BCUT2D eigenvalue weighted by Crippen LogP contribution is 2.59. The summed E-state index contributed by atoms with van der Waals surface area (Å²) in [7, 11) is 0. The number of hydrogen-bond acceptors (Lipinski definition) is 8. The first-order valence-corrected chi connectivity index (χ1v) is 21.5. The zero-order chi connectivity index (χ0) is 44.3. The predicted molar refractivity (Wildman–Crippen MR) is 228 cm³/mol. The molecule has 0 aromatic heterocycles. The number of carbonyl (C=O) groups excluding carboxylic acids is 3. The van der Waals surface area contributed by atoms with Gasteiger partial charge in [-0.15, -0.1) is 0 Å². The molecular formula is C47H89NO8. The van der Waals surface area contributed by atoms with E-state index in [1.54, 1.807) is 0 Å². The Morgan fingerprint density at radius 1 is 0.750 bits per heavy atom. The second kappa shape index (κ2) is 18.7. The summed E-state index contributed by atoms with van der Waals surface area (Å²) in [5, 5.41) is 23.8. The van der Waals surface area contributed by atoms with Gasteiger partial charge in [-0.2, -0.15) is 0 Å². The Morgan fingerprint density at radius 3 is 1.68 bits per heavy atom. The number of nitrogens with zero attached hydrogens (tertiary/aromatic N) is 1. The van der Waals surface area contributed by atoms with Gasteiger partial charge in [0, 0.05) is 36.8 Å². The summed E-state index contributed by atoms with van der Waals surface area (Å²) in [6.07, 6.45) is 1.40. The Hall–Kier alpha value is -1.71. The molecule has 7 atom stereocenters. The Labute approximate surface area is 344 Å². The van der Waals surface area contributed by atoms with Crippen LogP contribution in [-0.4, -0.2) is 83.2 Å². The minimum absolute atomic E-state index is 0.00666. The number of likely N-dealkylation sites (tertiary alicyclic amines) is 1. The minimum Gasteiger partial charge on any atom is -0.463 e. The van der Waals surface area contributed by atoms with E-state index in [-0.39, 0.29) is 58.8 Å². The number of aliphatic hydroxyl groups excluding tert-OH is 2. The summed E-state index contributed by atoms with van der Waals surface area (Å²) >= 11 is 0. The molecule has 0 saturated carbocycles. The van der Waals surface area contributed by atoms with E-state index in [1.807, 2.05) is 11.8 Å². The first-order valence-electron chi connectivity index (χ1n) is 21.5. The largest absolute Gasteiger partial charge is 0.463 e. The van der Waals surface area contributed by atoms with Gasteiger partial charge in [-0.3, -0.25) is 14.4 Å². The average Bonchev–Trinajstić information content (AvgIpc) is 3.43. The smallest absolute Gasteiger partial charge is 0.308 e. The lowest BCUT2D eigenvalue weighted by Crippen LogP contribution is -2.62. The van der Waals surface area contributed by atoms with Gasteiger partial charge in [-0.25, -0.2) is 0 Å². The van der Waals surface area contributed by atoms with Crippen molar-refractivity contribution in [3.63, 3.8) is 0 Å². The molecule has 1 aliphatic rings. The SMILES string of the molecule is CCC(C)(C(O)C(C)(C)C(C)(C)C(CC(C)(C)C)OC(C)=O)C(C)(C)C(OCC(O)COC(=O)C(C)CC(C)(C)C(CC(C)(C)C)N1CCCC1=O)C(C)(C)C. The van der Waals surface area contributed by atoms with Crippen molar-refractivity contribution in [2.24, 2.45) is 49.2 Å². The summed E-state index contributed by atoms with van der Waals surface area (Å²) in [6.45, 7) is 44.2. The Kier molecular flexibility index (Phi) is 17.5. The van der Waals surface area contributed by atoms with E-state index >= 15 is 0 Å². The van der Waals surface area contributed by atoms with Crippen molar-refractivity contribution < 1.29 is 38.8 Å². The van der Waals surface area contributed by atoms with Gasteiger partial charge in [-0.05, 0) is 64.6 Å². The van der Waals surface area contributed by atoms with Crippen molar-refractivity contribution >= 4 is 17.8 Å². The van der Waals surface area contributed by atoms with E-state index in [1.165, 1.54) is 6.92 Å². The summed E-state index contributed by atoms with van der Waals surface area (Å²) in [6, 6.07) is 0.00666. The summed E-state index contributed by atoms with van der Waals surface area (Å²) in [4.78, 5) is 40.6.